The Balaban J connectivity index is 1.75. The van der Waals surface area contributed by atoms with E-state index in [1.165, 1.54) is 58.3 Å². The SMILES string of the molecule is CCCC(C)(C)C1CCC(C2CCC(OC(C)=O)CC2)CC1. The molecular formula is C20H36O2. The van der Waals surface area contributed by atoms with Crippen molar-refractivity contribution in [2.75, 3.05) is 0 Å². The molecule has 0 aromatic heterocycles. The van der Waals surface area contributed by atoms with Crippen molar-refractivity contribution in [1.82, 2.24) is 0 Å². The first kappa shape index (κ1) is 17.8. The van der Waals surface area contributed by atoms with Crippen molar-refractivity contribution in [2.24, 2.45) is 23.2 Å². The molecule has 0 unspecified atom stereocenters. The van der Waals surface area contributed by atoms with Crippen molar-refractivity contribution < 1.29 is 9.53 Å². The third kappa shape index (κ3) is 4.73. The monoisotopic (exact) mass is 308 g/mol. The average Bonchev–Trinajstić information content (AvgIpc) is 2.47. The Morgan fingerprint density at radius 1 is 0.955 bits per heavy atom. The summed E-state index contributed by atoms with van der Waals surface area (Å²) in [6.45, 7) is 8.80. The lowest BCUT2D eigenvalue weighted by Crippen LogP contribution is -2.33. The van der Waals surface area contributed by atoms with Gasteiger partial charge in [0.05, 0.1) is 0 Å². The topological polar surface area (TPSA) is 26.3 Å². The van der Waals surface area contributed by atoms with Gasteiger partial charge in [0, 0.05) is 6.92 Å². The number of esters is 1. The minimum atomic E-state index is -0.109. The molecule has 0 saturated heterocycles. The largest absolute Gasteiger partial charge is 0.463 e. The molecule has 128 valence electrons. The van der Waals surface area contributed by atoms with Crippen LogP contribution < -0.4 is 0 Å². The molecule has 2 nitrogen and oxygen atoms in total. The predicted octanol–water partition coefficient (Wildman–Crippen LogP) is 5.74. The van der Waals surface area contributed by atoms with Crippen LogP contribution in [-0.2, 0) is 9.53 Å². The molecule has 0 amide bonds. The molecule has 2 fully saturated rings. The molecule has 2 heteroatoms. The van der Waals surface area contributed by atoms with Gasteiger partial charge in [0.15, 0.2) is 0 Å². The number of carbonyl (C=O) groups excluding carboxylic acids is 1. The third-order valence-corrected chi connectivity index (χ3v) is 6.49. The molecule has 2 saturated carbocycles. The third-order valence-electron chi connectivity index (χ3n) is 6.49. The van der Waals surface area contributed by atoms with E-state index in [-0.39, 0.29) is 12.1 Å². The minimum absolute atomic E-state index is 0.109. The summed E-state index contributed by atoms with van der Waals surface area (Å²) in [5.41, 5.74) is 0.534. The van der Waals surface area contributed by atoms with Gasteiger partial charge in [-0.3, -0.25) is 4.79 Å². The zero-order chi connectivity index (χ0) is 16.2. The van der Waals surface area contributed by atoms with E-state index in [1.54, 1.807) is 0 Å². The standard InChI is InChI=1S/C20H36O2/c1-5-14-20(3,4)18-10-6-16(7-11-18)17-8-12-19(13-9-17)22-15(2)21/h16-19H,5-14H2,1-4H3. The molecule has 0 aromatic rings. The van der Waals surface area contributed by atoms with Gasteiger partial charge in [0.1, 0.15) is 6.10 Å². The Kier molecular flexibility index (Phi) is 6.35. The summed E-state index contributed by atoms with van der Waals surface area (Å²) in [5.74, 6) is 2.65. The van der Waals surface area contributed by atoms with Gasteiger partial charge in [-0.2, -0.15) is 0 Å². The molecule has 0 atom stereocenters. The second-order valence-corrected chi connectivity index (χ2v) is 8.50. The maximum Gasteiger partial charge on any atom is 0.302 e. The van der Waals surface area contributed by atoms with Crippen LogP contribution in [-0.4, -0.2) is 12.1 Å². The number of rotatable bonds is 5. The van der Waals surface area contributed by atoms with Gasteiger partial charge in [0.2, 0.25) is 0 Å². The highest BCUT2D eigenvalue weighted by molar-refractivity contribution is 5.66. The van der Waals surface area contributed by atoms with Crippen molar-refractivity contribution in [2.45, 2.75) is 98.0 Å². The lowest BCUT2D eigenvalue weighted by Gasteiger charge is -2.42. The second-order valence-electron chi connectivity index (χ2n) is 8.50. The van der Waals surface area contributed by atoms with Crippen LogP contribution in [0.4, 0.5) is 0 Å². The van der Waals surface area contributed by atoms with Crippen LogP contribution in [0.25, 0.3) is 0 Å². The highest BCUT2D eigenvalue weighted by Gasteiger charge is 2.36. The number of hydrogen-bond acceptors (Lipinski definition) is 2. The fraction of sp³-hybridized carbons (Fsp3) is 0.950. The Morgan fingerprint density at radius 2 is 1.45 bits per heavy atom. The summed E-state index contributed by atoms with van der Waals surface area (Å²) in [5, 5.41) is 0. The van der Waals surface area contributed by atoms with E-state index >= 15 is 0 Å². The molecule has 0 aromatic carbocycles. The molecule has 0 bridgehead atoms. The zero-order valence-corrected chi connectivity index (χ0v) is 15.2. The van der Waals surface area contributed by atoms with E-state index in [2.05, 4.69) is 20.8 Å². The summed E-state index contributed by atoms with van der Waals surface area (Å²) in [6.07, 6.45) is 13.3. The van der Waals surface area contributed by atoms with Crippen LogP contribution in [0, 0.1) is 23.2 Å². The van der Waals surface area contributed by atoms with Crippen LogP contribution in [0.15, 0.2) is 0 Å². The van der Waals surface area contributed by atoms with Crippen LogP contribution in [0.3, 0.4) is 0 Å². The van der Waals surface area contributed by atoms with Crippen molar-refractivity contribution >= 4 is 5.97 Å². The summed E-state index contributed by atoms with van der Waals surface area (Å²) in [7, 11) is 0. The van der Waals surface area contributed by atoms with E-state index in [4.69, 9.17) is 4.74 Å². The van der Waals surface area contributed by atoms with E-state index in [1.807, 2.05) is 0 Å². The van der Waals surface area contributed by atoms with Gasteiger partial charge in [-0.15, -0.1) is 0 Å². The van der Waals surface area contributed by atoms with E-state index in [9.17, 15) is 4.79 Å². The average molecular weight is 309 g/mol. The van der Waals surface area contributed by atoms with Gasteiger partial charge in [-0.05, 0) is 81.0 Å². The molecule has 0 spiro atoms. The van der Waals surface area contributed by atoms with Crippen molar-refractivity contribution in [3.8, 4) is 0 Å². The van der Waals surface area contributed by atoms with E-state index in [0.717, 1.165) is 30.6 Å². The number of hydrogen-bond donors (Lipinski definition) is 0. The van der Waals surface area contributed by atoms with E-state index in [0.29, 0.717) is 5.41 Å². The molecule has 22 heavy (non-hydrogen) atoms. The van der Waals surface area contributed by atoms with Crippen LogP contribution in [0.1, 0.15) is 91.9 Å². The molecule has 2 aliphatic rings. The van der Waals surface area contributed by atoms with Crippen molar-refractivity contribution in [3.63, 3.8) is 0 Å². The molecular weight excluding hydrogens is 272 g/mol. The Labute approximate surface area is 137 Å². The normalized spacial score (nSPS) is 33.5. The summed E-state index contributed by atoms with van der Waals surface area (Å²) < 4.78 is 5.38. The molecule has 0 N–H and O–H groups in total. The highest BCUT2D eigenvalue weighted by atomic mass is 16.5. The summed E-state index contributed by atoms with van der Waals surface area (Å²) in [6, 6.07) is 0. The van der Waals surface area contributed by atoms with Gasteiger partial charge < -0.3 is 4.74 Å². The molecule has 2 rings (SSSR count). The Morgan fingerprint density at radius 3 is 1.91 bits per heavy atom. The number of carbonyl (C=O) groups is 1. The summed E-state index contributed by atoms with van der Waals surface area (Å²) in [4.78, 5) is 11.1. The first-order valence-electron chi connectivity index (χ1n) is 9.59. The van der Waals surface area contributed by atoms with Gasteiger partial charge in [-0.25, -0.2) is 0 Å². The van der Waals surface area contributed by atoms with E-state index < -0.39 is 0 Å². The minimum Gasteiger partial charge on any atom is -0.463 e. The molecule has 0 aliphatic heterocycles. The molecule has 2 aliphatic carbocycles. The first-order valence-corrected chi connectivity index (χ1v) is 9.59. The second kappa shape index (κ2) is 7.84. The lowest BCUT2D eigenvalue weighted by atomic mass is 9.64. The van der Waals surface area contributed by atoms with Gasteiger partial charge >= 0.3 is 5.97 Å². The first-order chi connectivity index (χ1) is 10.4. The fourth-order valence-electron chi connectivity index (χ4n) is 5.13. The number of ether oxygens (including phenoxy) is 1. The Bertz CT molecular complexity index is 345. The highest BCUT2D eigenvalue weighted by Crippen LogP contribution is 2.46. The van der Waals surface area contributed by atoms with Crippen LogP contribution >= 0.6 is 0 Å². The van der Waals surface area contributed by atoms with Crippen LogP contribution in [0.2, 0.25) is 0 Å². The van der Waals surface area contributed by atoms with Crippen molar-refractivity contribution in [1.29, 1.82) is 0 Å². The van der Waals surface area contributed by atoms with Crippen molar-refractivity contribution in [3.05, 3.63) is 0 Å². The Hall–Kier alpha value is -0.530. The quantitative estimate of drug-likeness (QED) is 0.605. The molecule has 0 radical (unpaired) electrons. The fourth-order valence-corrected chi connectivity index (χ4v) is 5.13. The van der Waals surface area contributed by atoms with Gasteiger partial charge in [-0.1, -0.05) is 27.2 Å². The predicted molar refractivity (Wildman–Crippen MR) is 91.6 cm³/mol. The van der Waals surface area contributed by atoms with Crippen LogP contribution in [0.5, 0.6) is 0 Å². The smallest absolute Gasteiger partial charge is 0.302 e. The maximum absolute atomic E-state index is 11.1. The van der Waals surface area contributed by atoms with Gasteiger partial charge in [0.25, 0.3) is 0 Å². The zero-order valence-electron chi connectivity index (χ0n) is 15.2. The molecule has 0 heterocycles. The summed E-state index contributed by atoms with van der Waals surface area (Å²) >= 11 is 0. The maximum atomic E-state index is 11.1. The lowest BCUT2D eigenvalue weighted by molar-refractivity contribution is -0.148.